The third kappa shape index (κ3) is 1.92. The zero-order valence-electron chi connectivity index (χ0n) is 7.58. The highest BCUT2D eigenvalue weighted by Gasteiger charge is 2.21. The predicted octanol–water partition coefficient (Wildman–Crippen LogP) is 1.51. The summed E-state index contributed by atoms with van der Waals surface area (Å²) in [5.41, 5.74) is 1.87. The molecular weight excluding hydrogens is 166 g/mol. The van der Waals surface area contributed by atoms with Gasteiger partial charge in [-0.25, -0.2) is 0 Å². The van der Waals surface area contributed by atoms with E-state index in [1.54, 1.807) is 6.07 Å². The van der Waals surface area contributed by atoms with Crippen LogP contribution < -0.4 is 5.32 Å². The summed E-state index contributed by atoms with van der Waals surface area (Å²) < 4.78 is 5.08. The molecule has 1 aromatic carbocycles. The zero-order valence-corrected chi connectivity index (χ0v) is 7.58. The molecule has 1 aliphatic heterocycles. The highest BCUT2D eigenvalue weighted by Crippen LogP contribution is 2.24. The SMILES string of the molecule is Cc1c(O)cccc1NCC1CO1. The van der Waals surface area contributed by atoms with E-state index in [1.165, 1.54) is 0 Å². The molecule has 0 saturated carbocycles. The van der Waals surface area contributed by atoms with Crippen LogP contribution in [0, 0.1) is 6.92 Å². The Bertz CT molecular complexity index is 308. The molecule has 1 heterocycles. The average Bonchev–Trinajstić information content (AvgIpc) is 2.91. The fraction of sp³-hybridized carbons (Fsp3) is 0.400. The Morgan fingerprint density at radius 1 is 1.62 bits per heavy atom. The van der Waals surface area contributed by atoms with E-state index in [1.807, 2.05) is 19.1 Å². The van der Waals surface area contributed by atoms with E-state index >= 15 is 0 Å². The molecule has 70 valence electrons. The number of phenolic OH excluding ortho intramolecular Hbond substituents is 1. The minimum Gasteiger partial charge on any atom is -0.508 e. The second kappa shape index (κ2) is 3.26. The third-order valence-electron chi connectivity index (χ3n) is 2.23. The van der Waals surface area contributed by atoms with Crippen LogP contribution in [-0.2, 0) is 4.74 Å². The van der Waals surface area contributed by atoms with Crippen molar-refractivity contribution < 1.29 is 9.84 Å². The molecule has 0 bridgehead atoms. The lowest BCUT2D eigenvalue weighted by Gasteiger charge is -2.08. The first-order valence-electron chi connectivity index (χ1n) is 4.41. The fourth-order valence-electron chi connectivity index (χ4n) is 1.22. The van der Waals surface area contributed by atoms with E-state index in [0.29, 0.717) is 11.9 Å². The number of aromatic hydroxyl groups is 1. The number of anilines is 1. The number of benzene rings is 1. The summed E-state index contributed by atoms with van der Waals surface area (Å²) in [6, 6.07) is 5.48. The van der Waals surface area contributed by atoms with Crippen molar-refractivity contribution in [3.8, 4) is 5.75 Å². The van der Waals surface area contributed by atoms with Crippen LogP contribution in [0.1, 0.15) is 5.56 Å². The van der Waals surface area contributed by atoms with Crippen molar-refractivity contribution >= 4 is 5.69 Å². The Morgan fingerprint density at radius 2 is 2.38 bits per heavy atom. The molecule has 3 nitrogen and oxygen atoms in total. The lowest BCUT2D eigenvalue weighted by molar-refractivity contribution is 0.416. The molecule has 1 aromatic rings. The number of epoxide rings is 1. The molecule has 0 radical (unpaired) electrons. The Balaban J connectivity index is 2.05. The van der Waals surface area contributed by atoms with Crippen LogP contribution in [0.4, 0.5) is 5.69 Å². The van der Waals surface area contributed by atoms with Crippen molar-refractivity contribution in [2.24, 2.45) is 0 Å². The number of nitrogens with one attached hydrogen (secondary N) is 1. The molecule has 3 heteroatoms. The van der Waals surface area contributed by atoms with Gasteiger partial charge in [0, 0.05) is 17.8 Å². The van der Waals surface area contributed by atoms with Crippen LogP contribution in [0.5, 0.6) is 5.75 Å². The Kier molecular flexibility index (Phi) is 2.10. The van der Waals surface area contributed by atoms with Gasteiger partial charge in [-0.3, -0.25) is 0 Å². The molecule has 13 heavy (non-hydrogen) atoms. The largest absolute Gasteiger partial charge is 0.508 e. The van der Waals surface area contributed by atoms with Crippen LogP contribution in [0.3, 0.4) is 0 Å². The summed E-state index contributed by atoms with van der Waals surface area (Å²) >= 11 is 0. The monoisotopic (exact) mass is 179 g/mol. The van der Waals surface area contributed by atoms with Crippen LogP contribution in [0.2, 0.25) is 0 Å². The molecule has 2 rings (SSSR count). The quantitative estimate of drug-likeness (QED) is 0.691. The summed E-state index contributed by atoms with van der Waals surface area (Å²) in [7, 11) is 0. The van der Waals surface area contributed by atoms with Crippen molar-refractivity contribution in [3.05, 3.63) is 23.8 Å². The van der Waals surface area contributed by atoms with Gasteiger partial charge in [-0.15, -0.1) is 0 Å². The van der Waals surface area contributed by atoms with E-state index in [9.17, 15) is 5.11 Å². The second-order valence-electron chi connectivity index (χ2n) is 3.29. The first kappa shape index (κ1) is 8.38. The molecule has 0 aromatic heterocycles. The van der Waals surface area contributed by atoms with Crippen LogP contribution in [0.15, 0.2) is 18.2 Å². The number of hydrogen-bond donors (Lipinski definition) is 2. The van der Waals surface area contributed by atoms with Crippen molar-refractivity contribution in [3.63, 3.8) is 0 Å². The van der Waals surface area contributed by atoms with Gasteiger partial charge >= 0.3 is 0 Å². The smallest absolute Gasteiger partial charge is 0.120 e. The average molecular weight is 179 g/mol. The van der Waals surface area contributed by atoms with Gasteiger partial charge in [0.25, 0.3) is 0 Å². The van der Waals surface area contributed by atoms with Gasteiger partial charge in [0.15, 0.2) is 0 Å². The molecule has 1 saturated heterocycles. The molecule has 1 fully saturated rings. The Labute approximate surface area is 77.3 Å². The molecular formula is C10H13NO2. The summed E-state index contributed by atoms with van der Waals surface area (Å²) in [5, 5.41) is 12.6. The van der Waals surface area contributed by atoms with E-state index in [2.05, 4.69) is 5.32 Å². The minimum atomic E-state index is 0.335. The standard InChI is InChI=1S/C10H13NO2/c1-7-9(3-2-4-10(7)12)11-5-8-6-13-8/h2-4,8,11-12H,5-6H2,1H3. The van der Waals surface area contributed by atoms with E-state index < -0.39 is 0 Å². The zero-order chi connectivity index (χ0) is 9.26. The molecule has 0 spiro atoms. The van der Waals surface area contributed by atoms with Gasteiger partial charge in [0.1, 0.15) is 5.75 Å². The normalized spacial score (nSPS) is 19.9. The van der Waals surface area contributed by atoms with E-state index in [0.717, 1.165) is 24.4 Å². The number of phenols is 1. The first-order valence-corrected chi connectivity index (χ1v) is 4.41. The van der Waals surface area contributed by atoms with Crippen molar-refractivity contribution in [1.82, 2.24) is 0 Å². The maximum Gasteiger partial charge on any atom is 0.120 e. The lowest BCUT2D eigenvalue weighted by Crippen LogP contribution is -2.08. The summed E-state index contributed by atoms with van der Waals surface area (Å²) in [4.78, 5) is 0. The van der Waals surface area contributed by atoms with E-state index in [-0.39, 0.29) is 0 Å². The molecule has 1 unspecified atom stereocenters. The maximum atomic E-state index is 9.41. The number of hydrogen-bond acceptors (Lipinski definition) is 3. The van der Waals surface area contributed by atoms with Gasteiger partial charge in [0.05, 0.1) is 12.7 Å². The van der Waals surface area contributed by atoms with Gasteiger partial charge < -0.3 is 15.2 Å². The van der Waals surface area contributed by atoms with Gasteiger partial charge in [-0.1, -0.05) is 6.07 Å². The van der Waals surface area contributed by atoms with E-state index in [4.69, 9.17) is 4.74 Å². The predicted molar refractivity (Wildman–Crippen MR) is 51.1 cm³/mol. The topological polar surface area (TPSA) is 44.8 Å². The van der Waals surface area contributed by atoms with Gasteiger partial charge in [-0.05, 0) is 19.1 Å². The fourth-order valence-corrected chi connectivity index (χ4v) is 1.22. The third-order valence-corrected chi connectivity index (χ3v) is 2.23. The van der Waals surface area contributed by atoms with Gasteiger partial charge in [-0.2, -0.15) is 0 Å². The molecule has 2 N–H and O–H groups in total. The summed E-state index contributed by atoms with van der Waals surface area (Å²) in [6.07, 6.45) is 0.363. The van der Waals surface area contributed by atoms with Crippen LogP contribution in [0.25, 0.3) is 0 Å². The minimum absolute atomic E-state index is 0.335. The van der Waals surface area contributed by atoms with Gasteiger partial charge in [0.2, 0.25) is 0 Å². The maximum absolute atomic E-state index is 9.41. The molecule has 1 atom stereocenters. The highest BCUT2D eigenvalue weighted by molar-refractivity contribution is 5.56. The number of ether oxygens (including phenoxy) is 1. The van der Waals surface area contributed by atoms with Crippen molar-refractivity contribution in [2.75, 3.05) is 18.5 Å². The summed E-state index contributed by atoms with van der Waals surface area (Å²) in [5.74, 6) is 0.335. The number of rotatable bonds is 3. The Hall–Kier alpha value is -1.22. The molecule has 1 aliphatic rings. The van der Waals surface area contributed by atoms with Crippen molar-refractivity contribution in [1.29, 1.82) is 0 Å². The summed E-state index contributed by atoms with van der Waals surface area (Å²) in [6.45, 7) is 3.57. The van der Waals surface area contributed by atoms with Crippen LogP contribution in [-0.4, -0.2) is 24.4 Å². The highest BCUT2D eigenvalue weighted by atomic mass is 16.6. The van der Waals surface area contributed by atoms with Crippen molar-refractivity contribution in [2.45, 2.75) is 13.0 Å². The molecule has 0 amide bonds. The Morgan fingerprint density at radius 3 is 3.08 bits per heavy atom. The van der Waals surface area contributed by atoms with Crippen LogP contribution >= 0.6 is 0 Å². The second-order valence-corrected chi connectivity index (χ2v) is 3.29. The lowest BCUT2D eigenvalue weighted by atomic mass is 10.2. The molecule has 0 aliphatic carbocycles. The first-order chi connectivity index (χ1) is 6.27.